The molecule has 6 nitrogen and oxygen atoms in total. The first-order valence-electron chi connectivity index (χ1n) is 13.1. The molecule has 4 N–H and O–H groups in total. The van der Waals surface area contributed by atoms with Gasteiger partial charge in [0.25, 0.3) is 0 Å². The highest BCUT2D eigenvalue weighted by Crippen LogP contribution is 2.29. The number of aryl methyl sites for hydroxylation is 1. The standard InChI is InChI=1S/C29H44O6/c1-2-3-4-5-6-7-8-10-25-19-24(14-17-29(25)35-22-27(33)21-31)23-12-15-28(16-13-23)34-18-9-11-26(32)20-30/h12-17,19,26-27,30-33H,2-11,18,20-22H2,1H3. The van der Waals surface area contributed by atoms with Gasteiger partial charge in [-0.05, 0) is 66.6 Å². The summed E-state index contributed by atoms with van der Waals surface area (Å²) < 4.78 is 11.6. The van der Waals surface area contributed by atoms with E-state index in [1.807, 2.05) is 36.4 Å². The molecule has 2 atom stereocenters. The highest BCUT2D eigenvalue weighted by atomic mass is 16.5. The van der Waals surface area contributed by atoms with E-state index in [1.54, 1.807) is 0 Å². The van der Waals surface area contributed by atoms with Crippen molar-refractivity contribution in [3.05, 3.63) is 48.0 Å². The minimum Gasteiger partial charge on any atom is -0.494 e. The molecular formula is C29H44O6. The molecule has 0 aliphatic rings. The van der Waals surface area contributed by atoms with E-state index in [0.717, 1.165) is 41.0 Å². The molecule has 196 valence electrons. The molecule has 6 heteroatoms. The molecule has 0 saturated carbocycles. The lowest BCUT2D eigenvalue weighted by Gasteiger charge is -2.16. The first-order valence-corrected chi connectivity index (χ1v) is 13.1. The maximum atomic E-state index is 9.69. The van der Waals surface area contributed by atoms with Crippen LogP contribution in [0, 0.1) is 0 Å². The summed E-state index contributed by atoms with van der Waals surface area (Å²) in [7, 11) is 0. The quantitative estimate of drug-likeness (QED) is 0.210. The van der Waals surface area contributed by atoms with Crippen molar-refractivity contribution >= 4 is 0 Å². The second-order valence-electron chi connectivity index (χ2n) is 9.19. The van der Waals surface area contributed by atoms with Crippen LogP contribution in [0.25, 0.3) is 11.1 Å². The number of benzene rings is 2. The lowest BCUT2D eigenvalue weighted by atomic mass is 9.98. The Bertz CT molecular complexity index is 807. The highest BCUT2D eigenvalue weighted by Gasteiger charge is 2.10. The molecular weight excluding hydrogens is 444 g/mol. The summed E-state index contributed by atoms with van der Waals surface area (Å²) in [5.74, 6) is 1.53. The zero-order valence-corrected chi connectivity index (χ0v) is 21.2. The summed E-state index contributed by atoms with van der Waals surface area (Å²) in [6, 6.07) is 14.1. The predicted octanol–water partition coefficient (Wildman–Crippen LogP) is 4.89. The van der Waals surface area contributed by atoms with Crippen molar-refractivity contribution < 1.29 is 29.9 Å². The number of hydrogen-bond donors (Lipinski definition) is 4. The van der Waals surface area contributed by atoms with Crippen molar-refractivity contribution in [3.63, 3.8) is 0 Å². The van der Waals surface area contributed by atoms with Gasteiger partial charge in [-0.2, -0.15) is 0 Å². The average Bonchev–Trinajstić information content (AvgIpc) is 2.89. The van der Waals surface area contributed by atoms with Crippen LogP contribution in [-0.4, -0.2) is 59.1 Å². The van der Waals surface area contributed by atoms with E-state index in [2.05, 4.69) is 13.0 Å². The van der Waals surface area contributed by atoms with Gasteiger partial charge in [-0.25, -0.2) is 0 Å². The Morgan fingerprint density at radius 3 is 2.06 bits per heavy atom. The van der Waals surface area contributed by atoms with Gasteiger partial charge in [0, 0.05) is 0 Å². The lowest BCUT2D eigenvalue weighted by molar-refractivity contribution is 0.0533. The van der Waals surface area contributed by atoms with Crippen molar-refractivity contribution in [2.75, 3.05) is 26.4 Å². The van der Waals surface area contributed by atoms with Crippen LogP contribution in [0.3, 0.4) is 0 Å². The molecule has 35 heavy (non-hydrogen) atoms. The van der Waals surface area contributed by atoms with Crippen LogP contribution in [0.4, 0.5) is 0 Å². The zero-order chi connectivity index (χ0) is 25.3. The lowest BCUT2D eigenvalue weighted by Crippen LogP contribution is -2.21. The van der Waals surface area contributed by atoms with Gasteiger partial charge in [-0.15, -0.1) is 0 Å². The van der Waals surface area contributed by atoms with Crippen LogP contribution >= 0.6 is 0 Å². The highest BCUT2D eigenvalue weighted by molar-refractivity contribution is 5.66. The van der Waals surface area contributed by atoms with Crippen molar-refractivity contribution in [1.82, 2.24) is 0 Å². The molecule has 0 aromatic heterocycles. The van der Waals surface area contributed by atoms with Crippen LogP contribution in [0.1, 0.15) is 70.3 Å². The van der Waals surface area contributed by atoms with Crippen LogP contribution in [0.2, 0.25) is 0 Å². The number of aliphatic hydroxyl groups is 4. The molecule has 0 heterocycles. The van der Waals surface area contributed by atoms with Gasteiger partial charge >= 0.3 is 0 Å². The van der Waals surface area contributed by atoms with E-state index in [0.29, 0.717) is 19.4 Å². The third-order valence-electron chi connectivity index (χ3n) is 6.10. The molecule has 0 bridgehead atoms. The first-order chi connectivity index (χ1) is 17.1. The molecule has 0 aliphatic heterocycles. The van der Waals surface area contributed by atoms with E-state index in [9.17, 15) is 10.2 Å². The van der Waals surface area contributed by atoms with Crippen LogP contribution < -0.4 is 9.47 Å². The predicted molar refractivity (Wildman–Crippen MR) is 140 cm³/mol. The fourth-order valence-electron chi connectivity index (χ4n) is 3.95. The molecule has 2 rings (SSSR count). The molecule has 0 radical (unpaired) electrons. The second kappa shape index (κ2) is 17.3. The van der Waals surface area contributed by atoms with E-state index < -0.39 is 12.2 Å². The average molecular weight is 489 g/mol. The maximum Gasteiger partial charge on any atom is 0.122 e. The van der Waals surface area contributed by atoms with Gasteiger partial charge < -0.3 is 29.9 Å². The third-order valence-corrected chi connectivity index (χ3v) is 6.10. The summed E-state index contributed by atoms with van der Waals surface area (Å²) in [5.41, 5.74) is 3.29. The van der Waals surface area contributed by atoms with Crippen LogP contribution in [0.15, 0.2) is 42.5 Å². The molecule has 0 amide bonds. The van der Waals surface area contributed by atoms with Gasteiger partial charge in [0.05, 0.1) is 25.9 Å². The van der Waals surface area contributed by atoms with Gasteiger partial charge in [-0.3, -0.25) is 0 Å². The summed E-state index contributed by atoms with van der Waals surface area (Å²) >= 11 is 0. The Morgan fingerprint density at radius 1 is 0.714 bits per heavy atom. The minimum absolute atomic E-state index is 0.0707. The van der Waals surface area contributed by atoms with Gasteiger partial charge in [0.1, 0.15) is 24.2 Å². The van der Waals surface area contributed by atoms with E-state index in [1.165, 1.54) is 38.5 Å². The number of aliphatic hydroxyl groups excluding tert-OH is 4. The summed E-state index contributed by atoms with van der Waals surface area (Å²) in [6.45, 7) is 2.25. The van der Waals surface area contributed by atoms with E-state index in [-0.39, 0.29) is 19.8 Å². The van der Waals surface area contributed by atoms with E-state index >= 15 is 0 Å². The normalized spacial score (nSPS) is 12.9. The third kappa shape index (κ3) is 11.4. The Hall–Kier alpha value is -2.12. The summed E-state index contributed by atoms with van der Waals surface area (Å²) in [6.07, 6.45) is 9.22. The minimum atomic E-state index is -0.888. The number of ether oxygens (including phenoxy) is 2. The summed E-state index contributed by atoms with van der Waals surface area (Å²) in [5, 5.41) is 37.1. The molecule has 0 fully saturated rings. The number of unbranched alkanes of at least 4 members (excludes halogenated alkanes) is 6. The Morgan fingerprint density at radius 2 is 1.37 bits per heavy atom. The smallest absolute Gasteiger partial charge is 0.122 e. The van der Waals surface area contributed by atoms with Crippen LogP contribution in [-0.2, 0) is 6.42 Å². The Balaban J connectivity index is 1.98. The van der Waals surface area contributed by atoms with Crippen molar-refractivity contribution in [2.24, 2.45) is 0 Å². The number of rotatable bonds is 19. The largest absolute Gasteiger partial charge is 0.494 e. The fourth-order valence-corrected chi connectivity index (χ4v) is 3.95. The first kappa shape index (κ1) is 29.1. The van der Waals surface area contributed by atoms with Gasteiger partial charge in [-0.1, -0.05) is 63.6 Å². The zero-order valence-electron chi connectivity index (χ0n) is 21.2. The fraction of sp³-hybridized carbons (Fsp3) is 0.586. The van der Waals surface area contributed by atoms with Gasteiger partial charge in [0.2, 0.25) is 0 Å². The Kier molecular flexibility index (Phi) is 14.4. The molecule has 0 aliphatic carbocycles. The Labute approximate surface area is 210 Å². The van der Waals surface area contributed by atoms with Gasteiger partial charge in [0.15, 0.2) is 0 Å². The second-order valence-corrected chi connectivity index (χ2v) is 9.19. The van der Waals surface area contributed by atoms with Crippen molar-refractivity contribution in [2.45, 2.75) is 83.3 Å². The maximum absolute atomic E-state index is 9.69. The monoisotopic (exact) mass is 488 g/mol. The topological polar surface area (TPSA) is 99.4 Å². The molecule has 2 aromatic rings. The molecule has 0 spiro atoms. The molecule has 2 aromatic carbocycles. The SMILES string of the molecule is CCCCCCCCCc1cc(-c2ccc(OCCCC(O)CO)cc2)ccc1OCC(O)CO. The summed E-state index contributed by atoms with van der Waals surface area (Å²) in [4.78, 5) is 0. The van der Waals surface area contributed by atoms with Crippen molar-refractivity contribution in [3.8, 4) is 22.6 Å². The number of hydrogen-bond acceptors (Lipinski definition) is 6. The van der Waals surface area contributed by atoms with E-state index in [4.69, 9.17) is 19.7 Å². The van der Waals surface area contributed by atoms with Crippen molar-refractivity contribution in [1.29, 1.82) is 0 Å². The molecule has 2 unspecified atom stereocenters. The van der Waals surface area contributed by atoms with Crippen LogP contribution in [0.5, 0.6) is 11.5 Å². The molecule has 0 saturated heterocycles.